The first-order valence-electron chi connectivity index (χ1n) is 10.5. The summed E-state index contributed by atoms with van der Waals surface area (Å²) in [5.41, 5.74) is 0.264. The summed E-state index contributed by atoms with van der Waals surface area (Å²) in [6.07, 6.45) is -2.88. The van der Waals surface area contributed by atoms with Gasteiger partial charge in [0.2, 0.25) is 0 Å². The van der Waals surface area contributed by atoms with E-state index in [-0.39, 0.29) is 5.56 Å². The lowest BCUT2D eigenvalue weighted by Crippen LogP contribution is -2.46. The van der Waals surface area contributed by atoms with Crippen LogP contribution in [-0.2, 0) is 12.7 Å². The average molecular weight is 476 g/mol. The maximum Gasteiger partial charge on any atom is 0.416 e. The van der Waals surface area contributed by atoms with E-state index in [0.717, 1.165) is 29.8 Å². The lowest BCUT2D eigenvalue weighted by Gasteiger charge is -2.35. The van der Waals surface area contributed by atoms with Gasteiger partial charge < -0.3 is 10.2 Å². The molecule has 1 aromatic heterocycles. The van der Waals surface area contributed by atoms with E-state index in [1.807, 2.05) is 0 Å². The third kappa shape index (κ3) is 5.69. The van der Waals surface area contributed by atoms with Crippen molar-refractivity contribution in [3.8, 4) is 0 Å². The predicted octanol–water partition coefficient (Wildman–Crippen LogP) is 4.95. The van der Waals surface area contributed by atoms with Crippen molar-refractivity contribution in [1.29, 1.82) is 0 Å². The second kappa shape index (κ2) is 9.76. The predicted molar refractivity (Wildman–Crippen MR) is 117 cm³/mol. The number of benzene rings is 2. The first-order valence-corrected chi connectivity index (χ1v) is 10.5. The van der Waals surface area contributed by atoms with Gasteiger partial charge in [-0.15, -0.1) is 0 Å². The molecule has 5 nitrogen and oxygen atoms in total. The van der Waals surface area contributed by atoms with E-state index in [9.17, 15) is 26.7 Å². The number of amides is 1. The van der Waals surface area contributed by atoms with Crippen molar-refractivity contribution >= 4 is 17.4 Å². The van der Waals surface area contributed by atoms with Crippen LogP contribution in [0.1, 0.15) is 21.5 Å². The van der Waals surface area contributed by atoms with Crippen molar-refractivity contribution in [3.05, 3.63) is 89.1 Å². The summed E-state index contributed by atoms with van der Waals surface area (Å²) in [5, 5.41) is 2.54. The summed E-state index contributed by atoms with van der Waals surface area (Å²) in [5.74, 6) is -1.71. The molecule has 2 heterocycles. The molecule has 1 aliphatic rings. The van der Waals surface area contributed by atoms with Gasteiger partial charge in [-0.1, -0.05) is 12.1 Å². The summed E-state index contributed by atoms with van der Waals surface area (Å²) >= 11 is 0. The Bertz CT molecular complexity index is 1140. The molecule has 0 spiro atoms. The third-order valence-electron chi connectivity index (χ3n) is 5.57. The zero-order valence-electron chi connectivity index (χ0n) is 17.9. The van der Waals surface area contributed by atoms with E-state index < -0.39 is 29.3 Å². The molecule has 0 unspecified atom stereocenters. The van der Waals surface area contributed by atoms with Crippen molar-refractivity contribution in [3.63, 3.8) is 0 Å². The van der Waals surface area contributed by atoms with E-state index in [4.69, 9.17) is 0 Å². The quantitative estimate of drug-likeness (QED) is 0.530. The van der Waals surface area contributed by atoms with Crippen LogP contribution < -0.4 is 10.2 Å². The molecule has 178 valence electrons. The van der Waals surface area contributed by atoms with E-state index in [0.29, 0.717) is 50.3 Å². The molecule has 1 fully saturated rings. The van der Waals surface area contributed by atoms with Crippen molar-refractivity contribution in [2.24, 2.45) is 0 Å². The van der Waals surface area contributed by atoms with Crippen molar-refractivity contribution in [1.82, 2.24) is 9.88 Å². The maximum absolute atomic E-state index is 13.8. The summed E-state index contributed by atoms with van der Waals surface area (Å²) in [6.45, 7) is 3.35. The van der Waals surface area contributed by atoms with E-state index in [1.54, 1.807) is 12.1 Å². The minimum Gasteiger partial charge on any atom is -0.354 e. The molecule has 0 atom stereocenters. The monoisotopic (exact) mass is 476 g/mol. The largest absolute Gasteiger partial charge is 0.416 e. The number of carbonyl (C=O) groups excluding carboxylic acids is 1. The van der Waals surface area contributed by atoms with E-state index in [2.05, 4.69) is 20.1 Å². The van der Waals surface area contributed by atoms with E-state index in [1.165, 1.54) is 18.3 Å². The molecule has 0 aliphatic carbocycles. The van der Waals surface area contributed by atoms with Gasteiger partial charge in [0, 0.05) is 38.8 Å². The number of pyridine rings is 1. The molecule has 34 heavy (non-hydrogen) atoms. The second-order valence-electron chi connectivity index (χ2n) is 7.94. The van der Waals surface area contributed by atoms with Crippen LogP contribution in [0.4, 0.5) is 33.5 Å². The number of hydrogen-bond acceptors (Lipinski definition) is 4. The molecule has 0 bridgehead atoms. The first-order chi connectivity index (χ1) is 16.2. The molecule has 4 rings (SSSR count). The van der Waals surface area contributed by atoms with Gasteiger partial charge in [0.05, 0.1) is 23.0 Å². The molecule has 0 saturated carbocycles. The van der Waals surface area contributed by atoms with Crippen LogP contribution in [0.3, 0.4) is 0 Å². The summed E-state index contributed by atoms with van der Waals surface area (Å²) < 4.78 is 64.9. The second-order valence-corrected chi connectivity index (χ2v) is 7.94. The van der Waals surface area contributed by atoms with Gasteiger partial charge in [0.15, 0.2) is 0 Å². The fourth-order valence-corrected chi connectivity index (χ4v) is 3.71. The van der Waals surface area contributed by atoms with Gasteiger partial charge >= 0.3 is 6.18 Å². The summed E-state index contributed by atoms with van der Waals surface area (Å²) in [7, 11) is 0. The van der Waals surface area contributed by atoms with Crippen LogP contribution in [0.15, 0.2) is 60.8 Å². The molecular weight excluding hydrogens is 455 g/mol. The van der Waals surface area contributed by atoms with Gasteiger partial charge in [-0.25, -0.2) is 13.8 Å². The zero-order valence-corrected chi connectivity index (χ0v) is 17.9. The molecule has 1 saturated heterocycles. The number of anilines is 2. The fraction of sp³-hybridized carbons (Fsp3) is 0.250. The lowest BCUT2D eigenvalue weighted by molar-refractivity contribution is -0.137. The highest BCUT2D eigenvalue weighted by Crippen LogP contribution is 2.29. The normalized spacial score (nSPS) is 14.8. The topological polar surface area (TPSA) is 48.5 Å². The average Bonchev–Trinajstić information content (AvgIpc) is 2.80. The smallest absolute Gasteiger partial charge is 0.354 e. The Kier molecular flexibility index (Phi) is 6.78. The minimum atomic E-state index is -4.34. The third-order valence-corrected chi connectivity index (χ3v) is 5.57. The fourth-order valence-electron chi connectivity index (χ4n) is 3.71. The number of nitrogens with zero attached hydrogens (tertiary/aromatic N) is 3. The van der Waals surface area contributed by atoms with Crippen LogP contribution >= 0.6 is 0 Å². The van der Waals surface area contributed by atoms with Gasteiger partial charge in [-0.2, -0.15) is 13.2 Å². The zero-order chi connectivity index (χ0) is 24.3. The van der Waals surface area contributed by atoms with Crippen molar-refractivity contribution in [2.45, 2.75) is 12.7 Å². The highest BCUT2D eigenvalue weighted by Gasteiger charge is 2.30. The summed E-state index contributed by atoms with van der Waals surface area (Å²) in [4.78, 5) is 20.8. The number of rotatable bonds is 5. The lowest BCUT2D eigenvalue weighted by atomic mass is 10.1. The maximum atomic E-state index is 13.8. The number of hydrogen-bond donors (Lipinski definition) is 1. The Morgan fingerprint density at radius 3 is 2.24 bits per heavy atom. The van der Waals surface area contributed by atoms with Crippen molar-refractivity contribution < 1.29 is 26.7 Å². The Labute approximate surface area is 192 Å². The SMILES string of the molecule is O=C(Nc1ccc(N2CCN(Cc3ccc(C(F)(F)F)cc3)CC2)nc1)c1ccc(F)cc1F. The van der Waals surface area contributed by atoms with Crippen LogP contribution in [0.25, 0.3) is 0 Å². The molecule has 1 aliphatic heterocycles. The number of alkyl halides is 3. The molecule has 0 radical (unpaired) electrons. The van der Waals surface area contributed by atoms with Gasteiger partial charge in [0.1, 0.15) is 17.5 Å². The molecule has 3 aromatic rings. The highest BCUT2D eigenvalue weighted by molar-refractivity contribution is 6.04. The van der Waals surface area contributed by atoms with Crippen LogP contribution in [-0.4, -0.2) is 42.0 Å². The number of carbonyl (C=O) groups is 1. The van der Waals surface area contributed by atoms with Crippen LogP contribution in [0.5, 0.6) is 0 Å². The number of aromatic nitrogens is 1. The Morgan fingerprint density at radius 2 is 1.65 bits per heavy atom. The molecule has 1 amide bonds. The molecule has 1 N–H and O–H groups in total. The molecular formula is C24H21F5N4O. The van der Waals surface area contributed by atoms with Gasteiger partial charge in [0.25, 0.3) is 5.91 Å². The molecule has 10 heteroatoms. The minimum absolute atomic E-state index is 0.269. The summed E-state index contributed by atoms with van der Waals surface area (Å²) in [6, 6.07) is 11.3. The first kappa shape index (κ1) is 23.6. The number of halogens is 5. The van der Waals surface area contributed by atoms with Gasteiger partial charge in [-0.05, 0) is 42.0 Å². The Morgan fingerprint density at radius 1 is 0.941 bits per heavy atom. The number of nitrogens with one attached hydrogen (secondary N) is 1. The number of piperazine rings is 1. The van der Waals surface area contributed by atoms with Crippen LogP contribution in [0.2, 0.25) is 0 Å². The van der Waals surface area contributed by atoms with Crippen molar-refractivity contribution in [2.75, 3.05) is 36.4 Å². The highest BCUT2D eigenvalue weighted by atomic mass is 19.4. The molecule has 2 aromatic carbocycles. The Balaban J connectivity index is 1.29. The van der Waals surface area contributed by atoms with Gasteiger partial charge in [-0.3, -0.25) is 9.69 Å². The van der Waals surface area contributed by atoms with E-state index >= 15 is 0 Å². The standard InChI is InChI=1S/C24H21F5N4O/c25-18-5-7-20(21(26)13-18)23(34)31-19-6-8-22(30-14-19)33-11-9-32(10-12-33)15-16-1-3-17(4-2-16)24(27,28)29/h1-8,13-14H,9-12,15H2,(H,31,34). The van der Waals surface area contributed by atoms with Crippen LogP contribution in [0, 0.1) is 11.6 Å². The Hall–Kier alpha value is -3.53.